The van der Waals surface area contributed by atoms with Gasteiger partial charge in [0.15, 0.2) is 5.78 Å². The van der Waals surface area contributed by atoms with Crippen molar-refractivity contribution in [1.82, 2.24) is 4.98 Å². The van der Waals surface area contributed by atoms with Crippen LogP contribution in [0.3, 0.4) is 0 Å². The molecule has 4 aromatic rings. The number of hydrogen-bond donors (Lipinski definition) is 1. The van der Waals surface area contributed by atoms with Crippen LogP contribution in [0.25, 0.3) is 32.1 Å². The summed E-state index contributed by atoms with van der Waals surface area (Å²) in [5.74, 6) is 3.20. The van der Waals surface area contributed by atoms with Crippen LogP contribution in [0.2, 0.25) is 0 Å². The summed E-state index contributed by atoms with van der Waals surface area (Å²) in [6, 6.07) is 17.0. The molecule has 255 valence electrons. The number of pyridine rings is 1. The van der Waals surface area contributed by atoms with Crippen molar-refractivity contribution in [3.05, 3.63) is 76.5 Å². The van der Waals surface area contributed by atoms with Crippen LogP contribution < -0.4 is 0 Å². The minimum Gasteiger partial charge on any atom is -0.512 e. The fourth-order valence-corrected chi connectivity index (χ4v) is 9.55. The number of aromatic nitrogens is 1. The third-order valence-electron chi connectivity index (χ3n) is 10.9. The molecule has 2 aromatic carbocycles. The van der Waals surface area contributed by atoms with Crippen molar-refractivity contribution in [3.8, 4) is 11.3 Å². The van der Waals surface area contributed by atoms with Crippen molar-refractivity contribution in [2.75, 3.05) is 0 Å². The number of ketones is 1. The number of benzene rings is 2. The van der Waals surface area contributed by atoms with Crippen molar-refractivity contribution < 1.29 is 30.0 Å². The third-order valence-corrected chi connectivity index (χ3v) is 12.3. The van der Waals surface area contributed by atoms with E-state index in [1.165, 1.54) is 63.7 Å². The second kappa shape index (κ2) is 15.9. The van der Waals surface area contributed by atoms with Gasteiger partial charge in [0, 0.05) is 59.5 Å². The van der Waals surface area contributed by atoms with Crippen LogP contribution in [0.5, 0.6) is 0 Å². The molecule has 1 radical (unpaired) electrons. The van der Waals surface area contributed by atoms with Crippen LogP contribution in [0, 0.1) is 36.7 Å². The summed E-state index contributed by atoms with van der Waals surface area (Å²) in [4.78, 5) is 18.3. The molecule has 0 spiro atoms. The Hall–Kier alpha value is -2.33. The molecular weight excluding hydrogens is 775 g/mol. The van der Waals surface area contributed by atoms with Gasteiger partial charge in [-0.3, -0.25) is 9.78 Å². The van der Waals surface area contributed by atoms with Gasteiger partial charge in [-0.1, -0.05) is 84.0 Å². The van der Waals surface area contributed by atoms with Gasteiger partial charge >= 0.3 is 0 Å². The fourth-order valence-electron chi connectivity index (χ4n) is 8.04. The first-order valence-electron chi connectivity index (χ1n) is 17.8. The Kier molecular flexibility index (Phi) is 12.7. The molecule has 3 unspecified atom stereocenters. The number of hydrogen-bond acceptors (Lipinski definition) is 4. The van der Waals surface area contributed by atoms with Gasteiger partial charge in [0.1, 0.15) is 0 Å². The molecule has 1 N–H and O–H groups in total. The number of fused-ring (bicyclic) bond motifs is 4. The quantitative estimate of drug-likeness (QED) is 0.104. The van der Waals surface area contributed by atoms with E-state index in [1.54, 1.807) is 4.88 Å². The summed E-state index contributed by atoms with van der Waals surface area (Å²) < 4.78 is 1.35. The van der Waals surface area contributed by atoms with Crippen molar-refractivity contribution in [2.45, 2.75) is 118 Å². The smallest absolute Gasteiger partial charge is 0.162 e. The predicted molar refractivity (Wildman–Crippen MR) is 197 cm³/mol. The van der Waals surface area contributed by atoms with E-state index in [9.17, 15) is 9.90 Å². The van der Waals surface area contributed by atoms with Gasteiger partial charge in [-0.15, -0.1) is 40.5 Å². The minimum absolute atomic E-state index is 0. The molecule has 2 heterocycles. The van der Waals surface area contributed by atoms with E-state index in [2.05, 4.69) is 70.2 Å². The van der Waals surface area contributed by atoms with Crippen LogP contribution in [-0.4, -0.2) is 15.9 Å². The molecular formula is C42H54IrNO2S-. The van der Waals surface area contributed by atoms with E-state index < -0.39 is 0 Å². The number of allylic oxidation sites excluding steroid dienone is 2. The number of rotatable bonds is 9. The molecule has 0 saturated heterocycles. The number of aryl methyl sites for hydroxylation is 1. The Labute approximate surface area is 301 Å². The maximum absolute atomic E-state index is 11.7. The first kappa shape index (κ1) is 37.5. The Morgan fingerprint density at radius 3 is 2.28 bits per heavy atom. The molecule has 0 aliphatic heterocycles. The van der Waals surface area contributed by atoms with Gasteiger partial charge in [0.25, 0.3) is 0 Å². The predicted octanol–water partition coefficient (Wildman–Crippen LogP) is 12.3. The molecule has 2 aromatic heterocycles. The zero-order valence-corrected chi connectivity index (χ0v) is 32.9. The number of aliphatic hydroxyl groups excluding tert-OH is 1. The number of nitrogens with zero attached hydrogens (tertiary/aromatic N) is 1. The molecule has 2 bridgehead atoms. The van der Waals surface area contributed by atoms with Crippen molar-refractivity contribution >= 4 is 38.0 Å². The Morgan fingerprint density at radius 1 is 1.00 bits per heavy atom. The van der Waals surface area contributed by atoms with Crippen molar-refractivity contribution in [3.63, 3.8) is 0 Å². The third kappa shape index (κ3) is 7.95. The van der Waals surface area contributed by atoms with Crippen molar-refractivity contribution in [2.24, 2.45) is 23.7 Å². The second-order valence-electron chi connectivity index (χ2n) is 14.8. The number of carbonyl (C=O) groups is 1. The first-order valence-corrected chi connectivity index (χ1v) is 18.6. The summed E-state index contributed by atoms with van der Waals surface area (Å²) >= 11 is 2.02. The molecule has 0 amide bonds. The van der Waals surface area contributed by atoms with Crippen molar-refractivity contribution in [1.29, 1.82) is 0 Å². The fraction of sp³-hybridized carbons (Fsp3) is 0.524. The molecule has 47 heavy (non-hydrogen) atoms. The SMILES string of the molecule is CCC(CC)C(=O)/C=C(\O)C(CC)CC.Cc1c(C2CC3CCC2C3)sc2c(-c3[c-]c4ccccc4c(C(C)(C)C)c3)nccc12.[Ir]. The van der Waals surface area contributed by atoms with Crippen LogP contribution >= 0.6 is 11.3 Å². The minimum atomic E-state index is 0. The molecule has 6 rings (SSSR count). The standard InChI is InChI=1S/C29H30NS.C13H24O2.Ir/c1-17-22-11-12-30-26(28(22)31-27(17)24-14-18-9-10-20(24)13-18)21-15-19-7-5-6-8-23(19)25(16-21)29(2,3)4;1-5-10(6-2)12(14)9-13(15)11(7-3)8-4;/h5-8,11-12,16,18,20,24H,9-10,13-14H2,1-4H3;9-11,14H,5-8H2,1-4H3;/q-1;;/b;12-9-;. The monoisotopic (exact) mass is 829 g/mol. The average Bonchev–Trinajstić information content (AvgIpc) is 3.76. The van der Waals surface area contributed by atoms with Gasteiger partial charge < -0.3 is 5.11 Å². The maximum Gasteiger partial charge on any atom is 0.162 e. The van der Waals surface area contributed by atoms with E-state index in [0.717, 1.165) is 54.7 Å². The van der Waals surface area contributed by atoms with Gasteiger partial charge in [-0.25, -0.2) is 0 Å². The molecule has 2 aliphatic carbocycles. The Balaban J connectivity index is 0.000000269. The number of aliphatic hydroxyl groups is 1. The van der Waals surface area contributed by atoms with E-state index in [0.29, 0.717) is 0 Å². The summed E-state index contributed by atoms with van der Waals surface area (Å²) in [6.07, 6.45) is 12.7. The zero-order valence-electron chi connectivity index (χ0n) is 29.7. The summed E-state index contributed by atoms with van der Waals surface area (Å²) in [7, 11) is 0. The van der Waals surface area contributed by atoms with Gasteiger partial charge in [-0.05, 0) is 92.1 Å². The molecule has 2 aliphatic rings. The summed E-state index contributed by atoms with van der Waals surface area (Å²) in [6.45, 7) is 17.3. The molecule has 2 saturated carbocycles. The molecule has 3 atom stereocenters. The van der Waals surface area contributed by atoms with E-state index in [4.69, 9.17) is 4.98 Å². The van der Waals surface area contributed by atoms with Gasteiger partial charge in [-0.2, -0.15) is 0 Å². The normalized spacial score (nSPS) is 19.4. The first-order chi connectivity index (χ1) is 22.0. The van der Waals surface area contributed by atoms with E-state index in [1.807, 2.05) is 45.2 Å². The average molecular weight is 829 g/mol. The zero-order chi connectivity index (χ0) is 33.2. The largest absolute Gasteiger partial charge is 0.512 e. The van der Waals surface area contributed by atoms with Crippen LogP contribution in [-0.2, 0) is 30.3 Å². The van der Waals surface area contributed by atoms with Gasteiger partial charge in [0.2, 0.25) is 0 Å². The Bertz CT molecular complexity index is 1710. The van der Waals surface area contributed by atoms with Crippen LogP contribution in [0.4, 0.5) is 0 Å². The topological polar surface area (TPSA) is 50.2 Å². The molecule has 2 fully saturated rings. The summed E-state index contributed by atoms with van der Waals surface area (Å²) in [5, 5.41) is 13.6. The van der Waals surface area contributed by atoms with E-state index >= 15 is 0 Å². The van der Waals surface area contributed by atoms with Gasteiger partial charge in [0.05, 0.1) is 5.76 Å². The van der Waals surface area contributed by atoms with E-state index in [-0.39, 0.29) is 48.9 Å². The summed E-state index contributed by atoms with van der Waals surface area (Å²) in [5.41, 5.74) is 5.18. The molecule has 3 nitrogen and oxygen atoms in total. The Morgan fingerprint density at radius 2 is 1.68 bits per heavy atom. The second-order valence-corrected chi connectivity index (χ2v) is 15.9. The van der Waals surface area contributed by atoms with Crippen LogP contribution in [0.15, 0.2) is 54.4 Å². The van der Waals surface area contributed by atoms with Crippen LogP contribution in [0.1, 0.15) is 122 Å². The molecule has 5 heteroatoms. The number of thiophene rings is 1. The number of carbonyl (C=O) groups excluding carboxylic acids is 1. The maximum atomic E-state index is 11.7.